The second-order valence-corrected chi connectivity index (χ2v) is 8.90. The van der Waals surface area contributed by atoms with Crippen LogP contribution in [0.3, 0.4) is 0 Å². The van der Waals surface area contributed by atoms with Crippen LogP contribution in [0.15, 0.2) is 78.9 Å². The number of aromatic amines is 1. The van der Waals surface area contributed by atoms with Gasteiger partial charge in [-0.05, 0) is 41.0 Å². The molecule has 0 bridgehead atoms. The normalized spacial score (nSPS) is 18.4. The number of benzene rings is 3. The van der Waals surface area contributed by atoms with Crippen molar-refractivity contribution in [1.82, 2.24) is 15.2 Å². The monoisotopic (exact) mass is 479 g/mol. The molecule has 2 atom stereocenters. The molecule has 1 aromatic heterocycles. The third kappa shape index (κ3) is 3.69. The van der Waals surface area contributed by atoms with Gasteiger partial charge in [0.2, 0.25) is 18.6 Å². The quantitative estimate of drug-likeness (QED) is 0.430. The molecular formula is C29H25N3O4. The minimum absolute atomic E-state index is 0.157. The molecule has 0 fully saturated rings. The van der Waals surface area contributed by atoms with E-state index >= 15 is 0 Å². The Bertz CT molecular complexity index is 1490. The number of carbonyl (C=O) groups excluding carboxylic acids is 2. The van der Waals surface area contributed by atoms with Crippen LogP contribution < -0.4 is 14.8 Å². The Morgan fingerprint density at radius 2 is 1.78 bits per heavy atom. The highest BCUT2D eigenvalue weighted by atomic mass is 16.7. The highest BCUT2D eigenvalue weighted by Gasteiger charge is 2.43. The Morgan fingerprint density at radius 1 is 1.00 bits per heavy atom. The number of amides is 2. The summed E-state index contributed by atoms with van der Waals surface area (Å²) in [5, 5.41) is 3.82. The van der Waals surface area contributed by atoms with Crippen LogP contribution in [0.2, 0.25) is 0 Å². The van der Waals surface area contributed by atoms with Gasteiger partial charge in [-0.1, -0.05) is 54.6 Å². The van der Waals surface area contributed by atoms with Crippen LogP contribution in [0.25, 0.3) is 17.0 Å². The van der Waals surface area contributed by atoms with E-state index in [-0.39, 0.29) is 18.6 Å². The van der Waals surface area contributed by atoms with Gasteiger partial charge in [-0.3, -0.25) is 9.59 Å². The van der Waals surface area contributed by atoms with Crippen molar-refractivity contribution < 1.29 is 19.1 Å². The summed E-state index contributed by atoms with van der Waals surface area (Å²) in [6.45, 7) is 0.157. The first-order chi connectivity index (χ1) is 17.6. The van der Waals surface area contributed by atoms with E-state index in [9.17, 15) is 9.59 Å². The Labute approximate surface area is 208 Å². The van der Waals surface area contributed by atoms with Crippen molar-refractivity contribution in [2.75, 3.05) is 13.8 Å². The smallest absolute Gasteiger partial charge is 0.248 e. The number of hydrogen-bond donors (Lipinski definition) is 2. The summed E-state index contributed by atoms with van der Waals surface area (Å²) < 4.78 is 11.2. The van der Waals surface area contributed by atoms with Crippen LogP contribution in [0.1, 0.15) is 28.4 Å². The molecule has 3 aromatic carbocycles. The lowest BCUT2D eigenvalue weighted by atomic mass is 9.87. The fraction of sp³-hybridized carbons (Fsp3) is 0.172. The van der Waals surface area contributed by atoms with Gasteiger partial charge in [0.05, 0.1) is 6.04 Å². The topological polar surface area (TPSA) is 83.7 Å². The first-order valence-corrected chi connectivity index (χ1v) is 11.9. The summed E-state index contributed by atoms with van der Waals surface area (Å²) >= 11 is 0. The van der Waals surface area contributed by atoms with Gasteiger partial charge >= 0.3 is 0 Å². The molecule has 180 valence electrons. The predicted octanol–water partition coefficient (Wildman–Crippen LogP) is 4.20. The molecule has 2 amide bonds. The molecule has 7 nitrogen and oxygen atoms in total. The van der Waals surface area contributed by atoms with Crippen molar-refractivity contribution in [2.45, 2.75) is 18.5 Å². The predicted molar refractivity (Wildman–Crippen MR) is 137 cm³/mol. The molecule has 0 saturated heterocycles. The maximum atomic E-state index is 13.8. The van der Waals surface area contributed by atoms with E-state index in [1.807, 2.05) is 66.7 Å². The van der Waals surface area contributed by atoms with Gasteiger partial charge in [0.1, 0.15) is 6.04 Å². The molecule has 2 N–H and O–H groups in total. The molecule has 6 rings (SSSR count). The average molecular weight is 480 g/mol. The zero-order chi connectivity index (χ0) is 24.6. The van der Waals surface area contributed by atoms with Crippen molar-refractivity contribution in [3.05, 3.63) is 101 Å². The Balaban J connectivity index is 1.52. The number of para-hydroxylation sites is 1. The largest absolute Gasteiger partial charge is 0.454 e. The summed E-state index contributed by atoms with van der Waals surface area (Å²) in [4.78, 5) is 32.3. The van der Waals surface area contributed by atoms with Crippen molar-refractivity contribution >= 4 is 28.8 Å². The van der Waals surface area contributed by atoms with E-state index in [4.69, 9.17) is 9.47 Å². The molecule has 7 heteroatoms. The number of rotatable bonds is 4. The lowest BCUT2D eigenvalue weighted by Crippen LogP contribution is -2.53. The molecule has 0 radical (unpaired) electrons. The van der Waals surface area contributed by atoms with Gasteiger partial charge in [0.25, 0.3) is 0 Å². The Hall–Kier alpha value is -4.52. The molecule has 0 saturated carbocycles. The summed E-state index contributed by atoms with van der Waals surface area (Å²) in [7, 11) is 1.60. The van der Waals surface area contributed by atoms with Gasteiger partial charge in [0, 0.05) is 36.1 Å². The lowest BCUT2D eigenvalue weighted by Gasteiger charge is -2.41. The van der Waals surface area contributed by atoms with E-state index in [0.717, 1.165) is 33.3 Å². The number of fused-ring (bicyclic) bond motifs is 4. The third-order valence-electron chi connectivity index (χ3n) is 6.87. The van der Waals surface area contributed by atoms with Crippen LogP contribution in [0.4, 0.5) is 0 Å². The van der Waals surface area contributed by atoms with E-state index in [1.54, 1.807) is 24.1 Å². The summed E-state index contributed by atoms with van der Waals surface area (Å²) in [6, 6.07) is 22.1. The van der Waals surface area contributed by atoms with Crippen LogP contribution in [-0.2, 0) is 16.0 Å². The Morgan fingerprint density at radius 3 is 2.61 bits per heavy atom. The van der Waals surface area contributed by atoms with Gasteiger partial charge in [-0.15, -0.1) is 0 Å². The third-order valence-corrected chi connectivity index (χ3v) is 6.87. The molecule has 3 heterocycles. The summed E-state index contributed by atoms with van der Waals surface area (Å²) in [6.07, 6.45) is 3.73. The molecule has 0 aliphatic carbocycles. The summed E-state index contributed by atoms with van der Waals surface area (Å²) in [5.41, 5.74) is 4.65. The van der Waals surface area contributed by atoms with Crippen LogP contribution >= 0.6 is 0 Å². The standard InChI is InChI=1S/C29H25N3O4/c1-30-29(34)23-16-21-20-9-5-6-10-22(20)31-27(21)28(19-12-13-24-25(15-19)36-17-35-24)32(23)26(33)14-11-18-7-3-2-4-8-18/h2-15,23,28,31H,16-17H2,1H3,(H,30,34)/t23-,28-/m1/s1. The van der Waals surface area contributed by atoms with Gasteiger partial charge in [0.15, 0.2) is 11.5 Å². The molecule has 2 aliphatic rings. The van der Waals surface area contributed by atoms with Gasteiger partial charge in [-0.25, -0.2) is 0 Å². The highest BCUT2D eigenvalue weighted by Crippen LogP contribution is 2.44. The van der Waals surface area contributed by atoms with Crippen LogP contribution in [0.5, 0.6) is 11.5 Å². The maximum absolute atomic E-state index is 13.8. The number of nitrogens with one attached hydrogen (secondary N) is 2. The molecule has 0 unspecified atom stereocenters. The number of hydrogen-bond acceptors (Lipinski definition) is 4. The summed E-state index contributed by atoms with van der Waals surface area (Å²) in [5.74, 6) is 0.827. The SMILES string of the molecule is CNC(=O)[C@H]1Cc2c([nH]c3ccccc23)[C@@H](c2ccc3c(c2)OCO3)N1C(=O)C=Cc1ccccc1. The van der Waals surface area contributed by atoms with E-state index in [2.05, 4.69) is 16.4 Å². The van der Waals surface area contributed by atoms with Crippen molar-refractivity contribution in [1.29, 1.82) is 0 Å². The minimum atomic E-state index is -0.690. The number of carbonyl (C=O) groups is 2. The fourth-order valence-electron chi connectivity index (χ4n) is 5.18. The first kappa shape index (κ1) is 22.0. The number of H-pyrrole nitrogens is 1. The van der Waals surface area contributed by atoms with Crippen molar-refractivity contribution in [2.24, 2.45) is 0 Å². The molecule has 4 aromatic rings. The van der Waals surface area contributed by atoms with E-state index in [0.29, 0.717) is 17.9 Å². The number of ether oxygens (including phenoxy) is 2. The van der Waals surface area contributed by atoms with Gasteiger partial charge in [-0.2, -0.15) is 0 Å². The van der Waals surface area contributed by atoms with E-state index in [1.165, 1.54) is 0 Å². The number of aromatic nitrogens is 1. The maximum Gasteiger partial charge on any atom is 0.248 e. The van der Waals surface area contributed by atoms with Gasteiger partial charge < -0.3 is 24.7 Å². The molecule has 0 spiro atoms. The number of nitrogens with zero attached hydrogens (tertiary/aromatic N) is 1. The van der Waals surface area contributed by atoms with Crippen molar-refractivity contribution in [3.63, 3.8) is 0 Å². The van der Waals surface area contributed by atoms with Crippen LogP contribution in [0, 0.1) is 0 Å². The van der Waals surface area contributed by atoms with Crippen LogP contribution in [-0.4, -0.2) is 41.6 Å². The van der Waals surface area contributed by atoms with Crippen molar-refractivity contribution in [3.8, 4) is 11.5 Å². The molecule has 2 aliphatic heterocycles. The zero-order valence-corrected chi connectivity index (χ0v) is 19.7. The zero-order valence-electron chi connectivity index (χ0n) is 19.7. The molecular weight excluding hydrogens is 454 g/mol. The first-order valence-electron chi connectivity index (χ1n) is 11.9. The highest BCUT2D eigenvalue weighted by molar-refractivity contribution is 5.98. The second kappa shape index (κ2) is 8.92. The molecule has 36 heavy (non-hydrogen) atoms. The number of likely N-dealkylation sites (N-methyl/N-ethyl adjacent to an activating group) is 1. The fourth-order valence-corrected chi connectivity index (χ4v) is 5.18. The minimum Gasteiger partial charge on any atom is -0.454 e. The lowest BCUT2D eigenvalue weighted by molar-refractivity contribution is -0.139. The Kier molecular flexibility index (Phi) is 5.45. The van der Waals surface area contributed by atoms with E-state index < -0.39 is 12.1 Å². The second-order valence-electron chi connectivity index (χ2n) is 8.90. The average Bonchev–Trinajstić information content (AvgIpc) is 3.54.